The highest BCUT2D eigenvalue weighted by atomic mass is 35.5. The average molecular weight is 645 g/mol. The lowest BCUT2D eigenvalue weighted by Gasteiger charge is -2.32. The Morgan fingerprint density at radius 2 is 1.68 bits per heavy atom. The van der Waals surface area contributed by atoms with Gasteiger partial charge >= 0.3 is 0 Å². The molecule has 0 spiro atoms. The molecule has 13 heteroatoms. The van der Waals surface area contributed by atoms with Crippen molar-refractivity contribution in [3.63, 3.8) is 0 Å². The number of sulfonamides is 1. The molecule has 1 unspecified atom stereocenters. The summed E-state index contributed by atoms with van der Waals surface area (Å²) in [5, 5.41) is 14.6. The number of aryl methyl sites for hydroxylation is 2. The molecular formula is C31H37ClN4O7S. The van der Waals surface area contributed by atoms with E-state index in [9.17, 15) is 28.1 Å². The Morgan fingerprint density at radius 1 is 1.02 bits per heavy atom. The summed E-state index contributed by atoms with van der Waals surface area (Å²) in [7, 11) is -3.27. The largest absolute Gasteiger partial charge is 0.495 e. The SMILES string of the molecule is COc1ccc(Cl)cc1N(CC(=O)N(Cc1ccc(C)cc1)C(C)C(=O)NCC(C)C)S(=O)(=O)c1ccc(C)c([N+](=O)[O-])c1. The van der Waals surface area contributed by atoms with E-state index in [-0.39, 0.29) is 34.5 Å². The smallest absolute Gasteiger partial charge is 0.273 e. The van der Waals surface area contributed by atoms with Gasteiger partial charge in [-0.05, 0) is 56.5 Å². The first-order chi connectivity index (χ1) is 20.6. The van der Waals surface area contributed by atoms with Crippen molar-refractivity contribution in [1.82, 2.24) is 10.2 Å². The lowest BCUT2D eigenvalue weighted by molar-refractivity contribution is -0.385. The molecule has 2 amide bonds. The van der Waals surface area contributed by atoms with Gasteiger partial charge in [0.2, 0.25) is 11.8 Å². The summed E-state index contributed by atoms with van der Waals surface area (Å²) in [6, 6.07) is 14.2. The van der Waals surface area contributed by atoms with Crippen molar-refractivity contribution in [3.8, 4) is 5.75 Å². The fourth-order valence-electron chi connectivity index (χ4n) is 4.37. The van der Waals surface area contributed by atoms with Crippen LogP contribution in [0.25, 0.3) is 0 Å². The van der Waals surface area contributed by atoms with Gasteiger partial charge in [0.25, 0.3) is 15.7 Å². The van der Waals surface area contributed by atoms with E-state index >= 15 is 0 Å². The zero-order valence-corrected chi connectivity index (χ0v) is 27.1. The van der Waals surface area contributed by atoms with Crippen LogP contribution >= 0.6 is 11.6 Å². The number of methoxy groups -OCH3 is 1. The van der Waals surface area contributed by atoms with Gasteiger partial charge in [0.15, 0.2) is 0 Å². The van der Waals surface area contributed by atoms with Crippen LogP contribution in [0, 0.1) is 29.9 Å². The lowest BCUT2D eigenvalue weighted by atomic mass is 10.1. The molecule has 1 N–H and O–H groups in total. The standard InChI is InChI=1S/C31H37ClN4O7S/c1-20(2)17-33-31(38)23(5)34(18-24-10-7-21(3)8-11-24)30(37)19-35(28-15-25(32)12-14-29(28)43-6)44(41,42)26-13-9-22(4)27(16-26)36(39)40/h7-16,20,23H,17-19H2,1-6H3,(H,33,38). The van der Waals surface area contributed by atoms with Crippen LogP contribution < -0.4 is 14.4 Å². The summed E-state index contributed by atoms with van der Waals surface area (Å²) in [5.41, 5.74) is 1.56. The van der Waals surface area contributed by atoms with Gasteiger partial charge in [-0.1, -0.05) is 61.3 Å². The Hall–Kier alpha value is -4.16. The van der Waals surface area contributed by atoms with Gasteiger partial charge in [-0.3, -0.25) is 24.0 Å². The molecular weight excluding hydrogens is 608 g/mol. The van der Waals surface area contributed by atoms with E-state index in [4.69, 9.17) is 16.3 Å². The van der Waals surface area contributed by atoms with E-state index in [0.717, 1.165) is 21.5 Å². The molecule has 3 aromatic rings. The number of ether oxygens (including phenoxy) is 1. The Balaban J connectivity index is 2.14. The van der Waals surface area contributed by atoms with Crippen LogP contribution in [0.2, 0.25) is 5.02 Å². The number of nitro groups is 1. The minimum Gasteiger partial charge on any atom is -0.495 e. The third-order valence-corrected chi connectivity index (χ3v) is 8.97. The predicted octanol–water partition coefficient (Wildman–Crippen LogP) is 5.26. The number of carbonyl (C=O) groups excluding carboxylic acids is 2. The van der Waals surface area contributed by atoms with Crippen molar-refractivity contribution >= 4 is 44.8 Å². The van der Waals surface area contributed by atoms with Crippen molar-refractivity contribution < 1.29 is 27.7 Å². The van der Waals surface area contributed by atoms with Crippen molar-refractivity contribution in [1.29, 1.82) is 0 Å². The Labute approximate surface area is 263 Å². The Kier molecular flexibility index (Phi) is 11.3. The number of rotatable bonds is 13. The molecule has 1 atom stereocenters. The van der Waals surface area contributed by atoms with E-state index in [1.54, 1.807) is 6.92 Å². The highest BCUT2D eigenvalue weighted by Crippen LogP contribution is 2.36. The highest BCUT2D eigenvalue weighted by Gasteiger charge is 2.35. The van der Waals surface area contributed by atoms with Gasteiger partial charge in [0.05, 0.1) is 22.6 Å². The fraction of sp³-hybridized carbons (Fsp3) is 0.355. The maximum absolute atomic E-state index is 14.2. The number of anilines is 1. The van der Waals surface area contributed by atoms with Crippen LogP contribution in [-0.4, -0.2) is 56.3 Å². The van der Waals surface area contributed by atoms with Crippen molar-refractivity contribution in [2.24, 2.45) is 5.92 Å². The lowest BCUT2D eigenvalue weighted by Crippen LogP contribution is -2.51. The summed E-state index contributed by atoms with van der Waals surface area (Å²) < 4.78 is 34.6. The molecule has 0 aliphatic heterocycles. The molecule has 11 nitrogen and oxygen atoms in total. The molecule has 0 aliphatic rings. The monoisotopic (exact) mass is 644 g/mol. The van der Waals surface area contributed by atoms with Gasteiger partial charge in [0.1, 0.15) is 18.3 Å². The maximum atomic E-state index is 14.2. The molecule has 0 radical (unpaired) electrons. The van der Waals surface area contributed by atoms with E-state index < -0.39 is 49.9 Å². The summed E-state index contributed by atoms with van der Waals surface area (Å²) in [6.07, 6.45) is 0. The van der Waals surface area contributed by atoms with Gasteiger partial charge in [-0.15, -0.1) is 0 Å². The molecule has 3 rings (SSSR count). The van der Waals surface area contributed by atoms with Crippen molar-refractivity contribution in [2.75, 3.05) is 24.5 Å². The average Bonchev–Trinajstić information content (AvgIpc) is 2.97. The third-order valence-electron chi connectivity index (χ3n) is 6.98. The first-order valence-corrected chi connectivity index (χ1v) is 15.7. The Morgan fingerprint density at radius 3 is 2.27 bits per heavy atom. The zero-order chi connectivity index (χ0) is 32.8. The second kappa shape index (κ2) is 14.5. The van der Waals surface area contributed by atoms with Crippen LogP contribution in [0.1, 0.15) is 37.5 Å². The van der Waals surface area contributed by atoms with Gasteiger partial charge < -0.3 is 15.0 Å². The number of carbonyl (C=O) groups is 2. The summed E-state index contributed by atoms with van der Waals surface area (Å²) in [5.74, 6) is -0.824. The quantitative estimate of drug-likeness (QED) is 0.198. The third kappa shape index (κ3) is 8.26. The molecule has 0 fully saturated rings. The molecule has 236 valence electrons. The number of nitrogens with zero attached hydrogens (tertiary/aromatic N) is 3. The molecule has 0 aliphatic carbocycles. The summed E-state index contributed by atoms with van der Waals surface area (Å²) in [6.45, 7) is 8.52. The summed E-state index contributed by atoms with van der Waals surface area (Å²) in [4.78, 5) is 39.1. The van der Waals surface area contributed by atoms with E-state index in [1.807, 2.05) is 45.0 Å². The van der Waals surface area contributed by atoms with Crippen molar-refractivity contribution in [2.45, 2.75) is 52.1 Å². The van der Waals surface area contributed by atoms with Gasteiger partial charge in [0, 0.05) is 29.7 Å². The number of hydrogen-bond acceptors (Lipinski definition) is 7. The molecule has 3 aromatic carbocycles. The van der Waals surface area contributed by atoms with Gasteiger partial charge in [-0.25, -0.2) is 8.42 Å². The van der Waals surface area contributed by atoms with Crippen LogP contribution in [0.4, 0.5) is 11.4 Å². The summed E-state index contributed by atoms with van der Waals surface area (Å²) >= 11 is 6.26. The van der Waals surface area contributed by atoms with E-state index in [0.29, 0.717) is 6.54 Å². The number of hydrogen-bond donors (Lipinski definition) is 1. The molecule has 0 saturated carbocycles. The topological polar surface area (TPSA) is 139 Å². The number of benzene rings is 3. The number of amides is 2. The Bertz CT molecular complexity index is 1630. The van der Waals surface area contributed by atoms with Crippen LogP contribution in [0.15, 0.2) is 65.6 Å². The molecule has 0 aromatic heterocycles. The molecule has 0 saturated heterocycles. The van der Waals surface area contributed by atoms with Crippen molar-refractivity contribution in [3.05, 3.63) is 92.5 Å². The normalized spacial score (nSPS) is 12.0. The number of nitro benzene ring substituents is 1. The highest BCUT2D eigenvalue weighted by molar-refractivity contribution is 7.92. The number of nitrogens with one attached hydrogen (secondary N) is 1. The van der Waals surface area contributed by atoms with E-state index in [1.165, 1.54) is 49.3 Å². The molecule has 0 bridgehead atoms. The molecule has 0 heterocycles. The minimum absolute atomic E-state index is 0.0198. The van der Waals surface area contributed by atoms with Gasteiger partial charge in [-0.2, -0.15) is 0 Å². The maximum Gasteiger partial charge on any atom is 0.273 e. The first-order valence-electron chi connectivity index (χ1n) is 13.9. The van der Waals surface area contributed by atoms with Crippen LogP contribution in [-0.2, 0) is 26.2 Å². The van der Waals surface area contributed by atoms with Crippen LogP contribution in [0.3, 0.4) is 0 Å². The first kappa shape index (κ1) is 34.3. The molecule has 44 heavy (non-hydrogen) atoms. The van der Waals surface area contributed by atoms with Crippen LogP contribution in [0.5, 0.6) is 5.75 Å². The zero-order valence-electron chi connectivity index (χ0n) is 25.5. The predicted molar refractivity (Wildman–Crippen MR) is 169 cm³/mol. The fourth-order valence-corrected chi connectivity index (χ4v) is 5.97. The second-order valence-electron chi connectivity index (χ2n) is 10.9. The van der Waals surface area contributed by atoms with E-state index in [2.05, 4.69) is 5.32 Å². The number of halogens is 1. The second-order valence-corrected chi connectivity index (χ2v) is 13.2. The minimum atomic E-state index is -4.61.